The third-order valence-corrected chi connectivity index (χ3v) is 5.44. The Kier molecular flexibility index (Phi) is 6.13. The zero-order valence-corrected chi connectivity index (χ0v) is 16.7. The van der Waals surface area contributed by atoms with Crippen LogP contribution in [0.15, 0.2) is 36.3 Å². The van der Waals surface area contributed by atoms with Crippen molar-refractivity contribution in [1.29, 1.82) is 0 Å². The van der Waals surface area contributed by atoms with E-state index in [1.54, 1.807) is 35.4 Å². The van der Waals surface area contributed by atoms with Gasteiger partial charge >= 0.3 is 0 Å². The fourth-order valence-corrected chi connectivity index (χ4v) is 3.87. The lowest BCUT2D eigenvalue weighted by Crippen LogP contribution is -2.41. The summed E-state index contributed by atoms with van der Waals surface area (Å²) in [6.07, 6.45) is 0.0697. The first kappa shape index (κ1) is 19.5. The minimum Gasteiger partial charge on any atom is -0.387 e. The van der Waals surface area contributed by atoms with E-state index in [0.29, 0.717) is 20.8 Å². The lowest BCUT2D eigenvalue weighted by atomic mass is 10.1. The predicted octanol–water partition coefficient (Wildman–Crippen LogP) is 0.694. The molecule has 26 heavy (non-hydrogen) atoms. The predicted molar refractivity (Wildman–Crippen MR) is 104 cm³/mol. The largest absolute Gasteiger partial charge is 0.387 e. The van der Waals surface area contributed by atoms with Crippen LogP contribution in [0.5, 0.6) is 0 Å². The van der Waals surface area contributed by atoms with Crippen LogP contribution in [0, 0.1) is 0 Å². The number of carbonyl (C=O) groups excluding carboxylic acids is 1. The van der Waals surface area contributed by atoms with E-state index in [2.05, 4.69) is 22.6 Å². The highest BCUT2D eigenvalue weighted by atomic mass is 127. The zero-order chi connectivity index (χ0) is 18.8. The van der Waals surface area contributed by atoms with Gasteiger partial charge in [0.25, 0.3) is 0 Å². The zero-order valence-electron chi connectivity index (χ0n) is 13.8. The molecule has 2 aliphatic rings. The van der Waals surface area contributed by atoms with Crippen LogP contribution in [0.25, 0.3) is 0 Å². The number of halogens is 2. The summed E-state index contributed by atoms with van der Waals surface area (Å²) in [7, 11) is 0. The second kappa shape index (κ2) is 8.17. The van der Waals surface area contributed by atoms with Crippen LogP contribution in [-0.2, 0) is 14.4 Å². The van der Waals surface area contributed by atoms with Crippen LogP contribution >= 0.6 is 34.2 Å². The monoisotopic (exact) mass is 494 g/mol. The lowest BCUT2D eigenvalue weighted by Gasteiger charge is -2.29. The van der Waals surface area contributed by atoms with E-state index in [0.717, 1.165) is 0 Å². The molecule has 5 N–H and O–H groups in total. The van der Waals surface area contributed by atoms with Gasteiger partial charge < -0.3 is 26.2 Å². The summed E-state index contributed by atoms with van der Waals surface area (Å²) < 4.78 is 6.16. The van der Waals surface area contributed by atoms with Gasteiger partial charge in [-0.1, -0.05) is 46.3 Å². The SMILES string of the molecule is NC(=O)C(c1ccc(Cl)cc1)N1C=C(N)N(O[C@H]2CO[C@H](CI)[C@H]2O)C1. The van der Waals surface area contributed by atoms with Crippen molar-refractivity contribution in [1.82, 2.24) is 9.96 Å². The Labute approximate surface area is 169 Å². The Morgan fingerprint density at radius 2 is 2.15 bits per heavy atom. The highest BCUT2D eigenvalue weighted by molar-refractivity contribution is 14.1. The van der Waals surface area contributed by atoms with Crippen LogP contribution in [0.3, 0.4) is 0 Å². The quantitative estimate of drug-likeness (QED) is 0.394. The molecule has 1 unspecified atom stereocenters. The van der Waals surface area contributed by atoms with Gasteiger partial charge in [0.1, 0.15) is 30.7 Å². The maximum atomic E-state index is 12.0. The van der Waals surface area contributed by atoms with Gasteiger partial charge in [-0.05, 0) is 17.7 Å². The van der Waals surface area contributed by atoms with Gasteiger partial charge in [0.15, 0.2) is 0 Å². The number of nitrogens with two attached hydrogens (primary N) is 2. The fourth-order valence-electron chi connectivity index (χ4n) is 2.97. The van der Waals surface area contributed by atoms with Crippen molar-refractivity contribution in [3.05, 3.63) is 46.9 Å². The Balaban J connectivity index is 1.70. The molecule has 1 fully saturated rings. The number of primary amides is 1. The summed E-state index contributed by atoms with van der Waals surface area (Å²) in [5.41, 5.74) is 12.3. The minimum atomic E-state index is -0.739. The lowest BCUT2D eigenvalue weighted by molar-refractivity contribution is -0.199. The van der Waals surface area contributed by atoms with Crippen molar-refractivity contribution in [2.45, 2.75) is 24.4 Å². The summed E-state index contributed by atoms with van der Waals surface area (Å²) >= 11 is 8.06. The highest BCUT2D eigenvalue weighted by Gasteiger charge is 2.39. The molecular formula is C16H20ClIN4O4. The number of benzene rings is 1. The molecule has 0 aliphatic carbocycles. The maximum Gasteiger partial charge on any atom is 0.244 e. The first-order valence-corrected chi connectivity index (χ1v) is 9.89. The van der Waals surface area contributed by atoms with Crippen molar-refractivity contribution < 1.29 is 19.5 Å². The molecule has 0 saturated carbocycles. The summed E-state index contributed by atoms with van der Waals surface area (Å²) in [6.45, 7) is 0.467. The van der Waals surface area contributed by atoms with E-state index in [9.17, 15) is 9.90 Å². The molecule has 10 heteroatoms. The maximum absolute atomic E-state index is 12.0. The number of amides is 1. The van der Waals surface area contributed by atoms with E-state index in [4.69, 9.17) is 32.6 Å². The number of nitrogens with zero attached hydrogens (tertiary/aromatic N) is 2. The van der Waals surface area contributed by atoms with Gasteiger partial charge in [0, 0.05) is 15.7 Å². The first-order chi connectivity index (χ1) is 12.4. The number of aliphatic hydroxyl groups excluding tert-OH is 1. The molecule has 2 heterocycles. The molecule has 0 radical (unpaired) electrons. The fraction of sp³-hybridized carbons (Fsp3) is 0.438. The Hall–Kier alpha value is -1.27. The number of hydroxylamine groups is 2. The van der Waals surface area contributed by atoms with E-state index in [1.165, 1.54) is 5.06 Å². The summed E-state index contributed by atoms with van der Waals surface area (Å²) in [5.74, 6) is -0.206. The number of hydrogen-bond donors (Lipinski definition) is 3. The molecule has 1 amide bonds. The molecule has 1 aromatic rings. The molecule has 0 spiro atoms. The van der Waals surface area contributed by atoms with Crippen molar-refractivity contribution >= 4 is 40.1 Å². The smallest absolute Gasteiger partial charge is 0.244 e. The van der Waals surface area contributed by atoms with Gasteiger partial charge in [-0.2, -0.15) is 0 Å². The van der Waals surface area contributed by atoms with Gasteiger partial charge in [0.2, 0.25) is 5.91 Å². The molecule has 142 valence electrons. The summed E-state index contributed by atoms with van der Waals surface area (Å²) in [5, 5.41) is 12.2. The molecule has 3 rings (SSSR count). The molecular weight excluding hydrogens is 475 g/mol. The van der Waals surface area contributed by atoms with Crippen LogP contribution < -0.4 is 11.5 Å². The molecule has 0 bridgehead atoms. The van der Waals surface area contributed by atoms with Crippen LogP contribution in [0.4, 0.5) is 0 Å². The van der Waals surface area contributed by atoms with Crippen molar-refractivity contribution in [3.8, 4) is 0 Å². The van der Waals surface area contributed by atoms with Crippen molar-refractivity contribution in [3.63, 3.8) is 0 Å². The first-order valence-electron chi connectivity index (χ1n) is 7.98. The van der Waals surface area contributed by atoms with Gasteiger partial charge in [-0.25, -0.2) is 5.06 Å². The molecule has 2 aliphatic heterocycles. The number of ether oxygens (including phenoxy) is 1. The van der Waals surface area contributed by atoms with Gasteiger partial charge in [-0.3, -0.25) is 9.63 Å². The standard InChI is InChI=1S/C16H20ClIN4O4/c17-10-3-1-9(2-4-10)14(16(20)24)21-6-13(19)22(8-21)26-12-7-25-11(5-18)15(12)23/h1-4,6,11-12,14-15,23H,5,7-8,19H2,(H2,20,24)/t11-,12+,14?,15-/m1/s1. The molecule has 1 aromatic carbocycles. The second-order valence-electron chi connectivity index (χ2n) is 6.11. The van der Waals surface area contributed by atoms with Gasteiger partial charge in [-0.15, -0.1) is 0 Å². The average molecular weight is 495 g/mol. The second-order valence-corrected chi connectivity index (χ2v) is 7.42. The van der Waals surface area contributed by atoms with E-state index in [1.807, 2.05) is 0 Å². The topological polar surface area (TPSA) is 114 Å². The van der Waals surface area contributed by atoms with Gasteiger partial charge in [0.05, 0.1) is 12.7 Å². The number of hydrogen-bond acceptors (Lipinski definition) is 7. The normalized spacial score (nSPS) is 26.9. The van der Waals surface area contributed by atoms with E-state index < -0.39 is 24.2 Å². The summed E-state index contributed by atoms with van der Waals surface area (Å²) in [6, 6.07) is 6.16. The molecule has 8 nitrogen and oxygen atoms in total. The van der Waals surface area contributed by atoms with Crippen LogP contribution in [0.1, 0.15) is 11.6 Å². The van der Waals surface area contributed by atoms with Crippen molar-refractivity contribution in [2.75, 3.05) is 17.7 Å². The highest BCUT2D eigenvalue weighted by Crippen LogP contribution is 2.29. The van der Waals surface area contributed by atoms with Crippen LogP contribution in [0.2, 0.25) is 5.02 Å². The third-order valence-electron chi connectivity index (χ3n) is 4.32. The molecule has 0 aromatic heterocycles. The number of alkyl halides is 1. The number of carbonyl (C=O) groups is 1. The number of rotatable bonds is 6. The average Bonchev–Trinajstić information content (AvgIpc) is 3.13. The summed E-state index contributed by atoms with van der Waals surface area (Å²) in [4.78, 5) is 19.5. The minimum absolute atomic E-state index is 0.195. The Bertz CT molecular complexity index is 689. The van der Waals surface area contributed by atoms with E-state index >= 15 is 0 Å². The Morgan fingerprint density at radius 3 is 2.73 bits per heavy atom. The van der Waals surface area contributed by atoms with E-state index in [-0.39, 0.29) is 19.4 Å². The van der Waals surface area contributed by atoms with Crippen LogP contribution in [-0.4, -0.2) is 57.0 Å². The third kappa shape index (κ3) is 4.01. The van der Waals surface area contributed by atoms with Crippen molar-refractivity contribution in [2.24, 2.45) is 11.5 Å². The Morgan fingerprint density at radius 1 is 1.46 bits per heavy atom. The molecule has 4 atom stereocenters. The number of aliphatic hydroxyl groups is 1. The molecule has 1 saturated heterocycles.